The molecule has 32 heavy (non-hydrogen) atoms. The Morgan fingerprint density at radius 3 is 2.72 bits per heavy atom. The maximum Gasteiger partial charge on any atom is 0.407 e. The van der Waals surface area contributed by atoms with Gasteiger partial charge in [0.05, 0.1) is 6.20 Å². The van der Waals surface area contributed by atoms with Crippen LogP contribution in [0.15, 0.2) is 16.7 Å². The average Bonchev–Trinajstić information content (AvgIpc) is 3.33. The van der Waals surface area contributed by atoms with Crippen molar-refractivity contribution in [2.75, 3.05) is 5.32 Å². The van der Waals surface area contributed by atoms with Gasteiger partial charge in [-0.1, -0.05) is 0 Å². The van der Waals surface area contributed by atoms with E-state index in [0.29, 0.717) is 23.9 Å². The van der Waals surface area contributed by atoms with E-state index in [2.05, 4.69) is 25.8 Å². The van der Waals surface area contributed by atoms with Gasteiger partial charge in [0.1, 0.15) is 24.0 Å². The fraction of sp³-hybridized carbons (Fsp3) is 0.636. The first kappa shape index (κ1) is 23.7. The number of aryl methyl sites for hydroxylation is 1. The number of H-pyrrole nitrogens is 1. The van der Waals surface area contributed by atoms with Gasteiger partial charge in [-0.3, -0.25) is 9.89 Å². The van der Waals surface area contributed by atoms with Crippen molar-refractivity contribution in [3.8, 4) is 0 Å². The summed E-state index contributed by atoms with van der Waals surface area (Å²) in [5.41, 5.74) is -1.23. The lowest BCUT2D eigenvalue weighted by Gasteiger charge is -2.31. The summed E-state index contributed by atoms with van der Waals surface area (Å²) in [7, 11) is 0. The molecule has 2 unspecified atom stereocenters. The van der Waals surface area contributed by atoms with Crippen molar-refractivity contribution in [1.82, 2.24) is 20.5 Å². The van der Waals surface area contributed by atoms with Crippen LogP contribution in [0, 0.1) is 6.92 Å². The third-order valence-corrected chi connectivity index (χ3v) is 5.25. The second kappa shape index (κ2) is 9.30. The Balaban J connectivity index is 1.46. The molecule has 0 bridgehead atoms. The van der Waals surface area contributed by atoms with Gasteiger partial charge in [-0.15, -0.1) is 0 Å². The summed E-state index contributed by atoms with van der Waals surface area (Å²) in [6.07, 6.45) is 3.19. The van der Waals surface area contributed by atoms with Gasteiger partial charge < -0.3 is 19.8 Å². The Bertz CT molecular complexity index is 946. The number of halogens is 1. The number of anilines is 1. The summed E-state index contributed by atoms with van der Waals surface area (Å²) in [4.78, 5) is 28.4. The molecule has 0 spiro atoms. The van der Waals surface area contributed by atoms with Crippen molar-refractivity contribution >= 4 is 17.8 Å². The number of alkyl carbamates (subject to hydrolysis) is 1. The van der Waals surface area contributed by atoms with E-state index in [1.807, 2.05) is 0 Å². The third kappa shape index (κ3) is 7.06. The maximum absolute atomic E-state index is 13.9. The second-order valence-electron chi connectivity index (χ2n) is 9.74. The molecule has 3 rings (SSSR count). The zero-order valence-corrected chi connectivity index (χ0v) is 19.3. The summed E-state index contributed by atoms with van der Waals surface area (Å²) in [5, 5.41) is 12.6. The van der Waals surface area contributed by atoms with Gasteiger partial charge >= 0.3 is 6.09 Å². The average molecular weight is 450 g/mol. The third-order valence-electron chi connectivity index (χ3n) is 5.25. The lowest BCUT2D eigenvalue weighted by Crippen LogP contribution is -2.47. The summed E-state index contributed by atoms with van der Waals surface area (Å²) < 4.78 is 24.8. The molecular formula is C22H32FN5O4. The predicted octanol–water partition coefficient (Wildman–Crippen LogP) is 4.17. The van der Waals surface area contributed by atoms with Gasteiger partial charge in [0.15, 0.2) is 5.82 Å². The molecule has 0 aromatic carbocycles. The lowest BCUT2D eigenvalue weighted by atomic mass is 9.91. The van der Waals surface area contributed by atoms with Gasteiger partial charge in [0.2, 0.25) is 11.8 Å². The number of carbonyl (C=O) groups is 2. The van der Waals surface area contributed by atoms with E-state index in [-0.39, 0.29) is 30.8 Å². The van der Waals surface area contributed by atoms with Crippen LogP contribution in [0.2, 0.25) is 0 Å². The first-order valence-electron chi connectivity index (χ1n) is 10.8. The quantitative estimate of drug-likeness (QED) is 0.556. The minimum atomic E-state index is -1.39. The maximum atomic E-state index is 13.9. The van der Waals surface area contributed by atoms with Crippen LogP contribution in [0.3, 0.4) is 0 Å². The minimum Gasteiger partial charge on any atom is -0.446 e. The number of rotatable bonds is 8. The summed E-state index contributed by atoms with van der Waals surface area (Å²) >= 11 is 0. The number of nitrogens with one attached hydrogen (secondary N) is 3. The van der Waals surface area contributed by atoms with Crippen LogP contribution in [0.5, 0.6) is 0 Å². The number of amides is 2. The van der Waals surface area contributed by atoms with E-state index in [1.54, 1.807) is 33.0 Å². The molecule has 1 aliphatic rings. The Morgan fingerprint density at radius 1 is 1.31 bits per heavy atom. The van der Waals surface area contributed by atoms with Crippen molar-refractivity contribution in [2.45, 2.75) is 90.0 Å². The molecular weight excluding hydrogens is 417 g/mol. The second-order valence-corrected chi connectivity index (χ2v) is 9.74. The van der Waals surface area contributed by atoms with Crippen LogP contribution in [-0.4, -0.2) is 44.5 Å². The van der Waals surface area contributed by atoms with Crippen molar-refractivity contribution in [2.24, 2.45) is 0 Å². The number of hydrogen-bond acceptors (Lipinski definition) is 6. The van der Waals surface area contributed by atoms with Crippen molar-refractivity contribution in [3.05, 3.63) is 29.6 Å². The van der Waals surface area contributed by atoms with Crippen molar-refractivity contribution in [3.63, 3.8) is 0 Å². The van der Waals surface area contributed by atoms with E-state index < -0.39 is 17.3 Å². The molecule has 0 saturated heterocycles. The van der Waals surface area contributed by atoms with Crippen molar-refractivity contribution < 1.29 is 23.1 Å². The first-order valence-corrected chi connectivity index (χ1v) is 10.8. The van der Waals surface area contributed by atoms with E-state index in [9.17, 15) is 14.0 Å². The lowest BCUT2D eigenvalue weighted by molar-refractivity contribution is -0.115. The fourth-order valence-electron chi connectivity index (χ4n) is 4.30. The summed E-state index contributed by atoms with van der Waals surface area (Å²) in [6.45, 7) is 8.29. The molecule has 3 N–H and O–H groups in total. The van der Waals surface area contributed by atoms with E-state index in [1.165, 1.54) is 13.8 Å². The van der Waals surface area contributed by atoms with E-state index in [0.717, 1.165) is 18.5 Å². The van der Waals surface area contributed by atoms with Crippen LogP contribution in [-0.2, 0) is 16.0 Å². The van der Waals surface area contributed by atoms with Crippen LogP contribution in [0.4, 0.5) is 15.0 Å². The molecule has 176 valence electrons. The number of carbonyl (C=O) groups excluding carboxylic acids is 2. The molecule has 2 aromatic heterocycles. The van der Waals surface area contributed by atoms with Gasteiger partial charge in [-0.2, -0.15) is 5.10 Å². The number of nitrogens with zero attached hydrogens (tertiary/aromatic N) is 2. The van der Waals surface area contributed by atoms with Crippen LogP contribution in [0.1, 0.15) is 76.6 Å². The topological polar surface area (TPSA) is 122 Å². The number of oxazole rings is 1. The fourth-order valence-corrected chi connectivity index (χ4v) is 4.30. The van der Waals surface area contributed by atoms with Crippen LogP contribution in [0.25, 0.3) is 0 Å². The molecule has 10 heteroatoms. The van der Waals surface area contributed by atoms with Crippen LogP contribution >= 0.6 is 0 Å². The smallest absolute Gasteiger partial charge is 0.407 e. The Hall–Kier alpha value is -2.91. The molecule has 2 amide bonds. The van der Waals surface area contributed by atoms with Gasteiger partial charge in [-0.25, -0.2) is 14.2 Å². The highest BCUT2D eigenvalue weighted by molar-refractivity contribution is 5.90. The highest BCUT2D eigenvalue weighted by Gasteiger charge is 2.33. The number of alkyl halides is 1. The number of aromatic amines is 1. The minimum absolute atomic E-state index is 0.0282. The van der Waals surface area contributed by atoms with Crippen LogP contribution < -0.4 is 10.6 Å². The predicted molar refractivity (Wildman–Crippen MR) is 116 cm³/mol. The van der Waals surface area contributed by atoms with E-state index in [4.69, 9.17) is 9.15 Å². The first-order chi connectivity index (χ1) is 14.9. The molecule has 1 fully saturated rings. The zero-order chi connectivity index (χ0) is 23.5. The summed E-state index contributed by atoms with van der Waals surface area (Å²) in [5.74, 6) is 1.29. The Morgan fingerprint density at radius 2 is 2.06 bits per heavy atom. The molecule has 0 aliphatic heterocycles. The highest BCUT2D eigenvalue weighted by atomic mass is 19.1. The molecule has 2 heterocycles. The molecule has 9 nitrogen and oxygen atoms in total. The SMILES string of the molecule is Cc1cnc(CC(=O)Nc2cc(C3CCC(OC(=O)NC(C)(C)CC(C)(C)F)C3)[nH]n2)o1. The monoisotopic (exact) mass is 449 g/mol. The number of aromatic nitrogens is 3. The molecule has 1 aliphatic carbocycles. The zero-order valence-electron chi connectivity index (χ0n) is 19.3. The Kier molecular flexibility index (Phi) is 6.90. The summed E-state index contributed by atoms with van der Waals surface area (Å²) in [6, 6.07) is 1.79. The standard InChI is InChI=1S/C22H32FN5O4/c1-13-11-24-19(31-13)10-18(29)25-17-9-16(27-28-17)14-6-7-15(8-14)32-20(30)26-22(4,5)12-21(2,3)23/h9,11,14-15H,6-8,10,12H2,1-5H3,(H,26,30)(H2,25,27,28,29). The van der Waals surface area contributed by atoms with Gasteiger partial charge in [0.25, 0.3) is 0 Å². The van der Waals surface area contributed by atoms with Crippen molar-refractivity contribution in [1.29, 1.82) is 0 Å². The molecule has 2 atom stereocenters. The van der Waals surface area contributed by atoms with E-state index >= 15 is 0 Å². The van der Waals surface area contributed by atoms with Gasteiger partial charge in [0, 0.05) is 29.6 Å². The largest absolute Gasteiger partial charge is 0.446 e. The number of hydrogen-bond donors (Lipinski definition) is 3. The number of ether oxygens (including phenoxy) is 1. The normalized spacial score (nSPS) is 19.1. The molecule has 0 radical (unpaired) electrons. The Labute approximate surface area is 186 Å². The van der Waals surface area contributed by atoms with Gasteiger partial charge in [-0.05, 0) is 53.9 Å². The molecule has 2 aromatic rings. The highest BCUT2D eigenvalue weighted by Crippen LogP contribution is 2.36. The molecule has 1 saturated carbocycles.